The van der Waals surface area contributed by atoms with E-state index in [0.717, 1.165) is 6.26 Å². The third-order valence-electron chi connectivity index (χ3n) is 5.38. The highest BCUT2D eigenvalue weighted by molar-refractivity contribution is 7.88. The van der Waals surface area contributed by atoms with Crippen LogP contribution in [0, 0.1) is 0 Å². The minimum absolute atomic E-state index is 0.0283. The average Bonchev–Trinajstić information content (AvgIpc) is 2.82. The van der Waals surface area contributed by atoms with E-state index >= 15 is 0 Å². The summed E-state index contributed by atoms with van der Waals surface area (Å²) in [6.45, 7) is 3.79. The number of ether oxygens (including phenoxy) is 1. The van der Waals surface area contributed by atoms with E-state index in [1.54, 1.807) is 12.1 Å². The summed E-state index contributed by atoms with van der Waals surface area (Å²) in [4.78, 5) is 38.5. The first kappa shape index (κ1) is 25.7. The van der Waals surface area contributed by atoms with Gasteiger partial charge in [-0.3, -0.25) is 9.59 Å². The Morgan fingerprint density at radius 3 is 2.62 bits per heavy atom. The zero-order valence-corrected chi connectivity index (χ0v) is 20.5. The maximum Gasteiger partial charge on any atom is 0.269 e. The molecule has 2 aromatic heterocycles. The zero-order valence-electron chi connectivity index (χ0n) is 18.9. The van der Waals surface area contributed by atoms with Crippen molar-refractivity contribution in [2.75, 3.05) is 40.1 Å². The number of carbonyl (C=O) groups excluding carboxylic acids is 2. The molecule has 1 N–H and O–H groups in total. The number of rotatable bonds is 7. The Bertz CT molecular complexity index is 1210. The number of hydrogen-bond donors (Lipinski definition) is 1. The molecule has 182 valence electrons. The van der Waals surface area contributed by atoms with Crippen LogP contribution < -0.4 is 5.32 Å². The highest BCUT2D eigenvalue weighted by Gasteiger charge is 2.40. The van der Waals surface area contributed by atoms with E-state index in [4.69, 9.17) is 16.3 Å². The van der Waals surface area contributed by atoms with E-state index in [9.17, 15) is 18.0 Å². The SMILES string of the molecule is C=CC(=O)N1C[C@@H](c2cc(Cl)nc(-c3cc(C(=O)NC)ncn3)c2)N(S(C)(=O)=O)C[C@@H]1COC. The summed E-state index contributed by atoms with van der Waals surface area (Å²) in [5.74, 6) is -0.740. The number of pyridine rings is 1. The number of amides is 2. The molecule has 1 aliphatic rings. The molecular weight excluding hydrogens is 484 g/mol. The first-order chi connectivity index (χ1) is 16.1. The van der Waals surface area contributed by atoms with E-state index in [-0.39, 0.29) is 36.5 Å². The molecule has 0 aliphatic carbocycles. The number of piperazine rings is 1. The van der Waals surface area contributed by atoms with Crippen molar-refractivity contribution in [2.45, 2.75) is 12.1 Å². The van der Waals surface area contributed by atoms with Gasteiger partial charge >= 0.3 is 0 Å². The van der Waals surface area contributed by atoms with E-state index in [2.05, 4.69) is 26.8 Å². The second-order valence-electron chi connectivity index (χ2n) is 7.63. The first-order valence-electron chi connectivity index (χ1n) is 10.2. The largest absolute Gasteiger partial charge is 0.382 e. The Balaban J connectivity index is 2.09. The zero-order chi connectivity index (χ0) is 25.0. The molecule has 0 bridgehead atoms. The maximum absolute atomic E-state index is 12.7. The number of sulfonamides is 1. The lowest BCUT2D eigenvalue weighted by Gasteiger charge is -2.44. The highest BCUT2D eigenvalue weighted by atomic mass is 35.5. The highest BCUT2D eigenvalue weighted by Crippen LogP contribution is 2.33. The standard InChI is InChI=1S/C21H25ClN6O5S/c1-5-20(29)27-10-18(28(34(4,31)32)9-14(27)11-33-3)13-6-16(26-19(22)7-13)15-8-17(21(30)23-2)25-12-24-15/h5-8,12,14,18H,1,9-11H2,2-4H3,(H,23,30)/t14-,18+/m1/s1. The van der Waals surface area contributed by atoms with Crippen molar-refractivity contribution >= 4 is 33.4 Å². The number of carbonyl (C=O) groups is 2. The van der Waals surface area contributed by atoms with E-state index < -0.39 is 28.0 Å². The Kier molecular flexibility index (Phi) is 7.97. The lowest BCUT2D eigenvalue weighted by Crippen LogP contribution is -2.58. The van der Waals surface area contributed by atoms with Gasteiger partial charge in [-0.1, -0.05) is 18.2 Å². The molecule has 0 spiro atoms. The van der Waals surface area contributed by atoms with Crippen molar-refractivity contribution in [3.05, 3.63) is 53.6 Å². The fourth-order valence-corrected chi connectivity index (χ4v) is 5.12. The lowest BCUT2D eigenvalue weighted by molar-refractivity contribution is -0.132. The normalized spacial score (nSPS) is 19.0. The van der Waals surface area contributed by atoms with Gasteiger partial charge in [-0.05, 0) is 29.8 Å². The molecule has 0 unspecified atom stereocenters. The number of aromatic nitrogens is 3. The maximum atomic E-state index is 12.7. The molecule has 2 aromatic rings. The van der Waals surface area contributed by atoms with Gasteiger partial charge in [-0.25, -0.2) is 23.4 Å². The number of nitrogens with one attached hydrogen (secondary N) is 1. The second kappa shape index (κ2) is 10.6. The van der Waals surface area contributed by atoms with Crippen LogP contribution in [0.5, 0.6) is 0 Å². The van der Waals surface area contributed by atoms with Gasteiger partial charge in [0.25, 0.3) is 5.91 Å². The van der Waals surface area contributed by atoms with Gasteiger partial charge in [0, 0.05) is 27.2 Å². The Hall–Kier alpha value is -2.93. The summed E-state index contributed by atoms with van der Waals surface area (Å²) in [5, 5.41) is 2.59. The lowest BCUT2D eigenvalue weighted by atomic mass is 10.0. The number of halogens is 1. The minimum atomic E-state index is -3.67. The van der Waals surface area contributed by atoms with Gasteiger partial charge < -0.3 is 15.0 Å². The van der Waals surface area contributed by atoms with Crippen LogP contribution in [0.4, 0.5) is 0 Å². The molecule has 0 radical (unpaired) electrons. The molecule has 0 aromatic carbocycles. The third kappa shape index (κ3) is 5.58. The number of methoxy groups -OCH3 is 1. The van der Waals surface area contributed by atoms with Crippen LogP contribution in [-0.4, -0.2) is 90.5 Å². The summed E-state index contributed by atoms with van der Waals surface area (Å²) in [6, 6.07) is 3.40. The Morgan fingerprint density at radius 2 is 2.00 bits per heavy atom. The molecule has 2 atom stereocenters. The molecule has 11 nitrogen and oxygen atoms in total. The first-order valence-corrected chi connectivity index (χ1v) is 12.4. The van der Waals surface area contributed by atoms with Gasteiger partial charge in [0.05, 0.1) is 36.3 Å². The Morgan fingerprint density at radius 1 is 1.26 bits per heavy atom. The average molecular weight is 509 g/mol. The van der Waals surface area contributed by atoms with Crippen molar-refractivity contribution < 1.29 is 22.7 Å². The van der Waals surface area contributed by atoms with E-state index in [1.807, 2.05) is 0 Å². The topological polar surface area (TPSA) is 135 Å². The fraction of sp³-hybridized carbons (Fsp3) is 0.381. The predicted molar refractivity (Wildman–Crippen MR) is 126 cm³/mol. The quantitative estimate of drug-likeness (QED) is 0.430. The summed E-state index contributed by atoms with van der Waals surface area (Å²) in [5.41, 5.74) is 1.30. The molecule has 3 rings (SSSR count). The van der Waals surface area contributed by atoms with Crippen LogP contribution in [0.1, 0.15) is 22.1 Å². The van der Waals surface area contributed by atoms with Gasteiger partial charge in [-0.15, -0.1) is 0 Å². The van der Waals surface area contributed by atoms with Crippen molar-refractivity contribution in [2.24, 2.45) is 0 Å². The van der Waals surface area contributed by atoms with Crippen LogP contribution in [0.15, 0.2) is 37.2 Å². The molecule has 34 heavy (non-hydrogen) atoms. The van der Waals surface area contributed by atoms with Gasteiger partial charge in [-0.2, -0.15) is 4.31 Å². The van der Waals surface area contributed by atoms with Crippen LogP contribution in [0.3, 0.4) is 0 Å². The number of nitrogens with zero attached hydrogens (tertiary/aromatic N) is 5. The smallest absolute Gasteiger partial charge is 0.269 e. The van der Waals surface area contributed by atoms with Gasteiger partial charge in [0.15, 0.2) is 0 Å². The molecule has 3 heterocycles. The number of hydrogen-bond acceptors (Lipinski definition) is 8. The predicted octanol–water partition coefficient (Wildman–Crippen LogP) is 0.898. The molecule has 0 saturated carbocycles. The van der Waals surface area contributed by atoms with Crippen LogP contribution in [0.2, 0.25) is 5.15 Å². The van der Waals surface area contributed by atoms with Crippen molar-refractivity contribution in [3.8, 4) is 11.4 Å². The monoisotopic (exact) mass is 508 g/mol. The van der Waals surface area contributed by atoms with Crippen LogP contribution in [0.25, 0.3) is 11.4 Å². The molecule has 1 fully saturated rings. The van der Waals surface area contributed by atoms with Crippen molar-refractivity contribution in [3.63, 3.8) is 0 Å². The molecule has 2 amide bonds. The molecular formula is C21H25ClN6O5S. The molecule has 1 saturated heterocycles. The third-order valence-corrected chi connectivity index (χ3v) is 6.83. The Labute approximate surface area is 202 Å². The fourth-order valence-electron chi connectivity index (χ4n) is 3.81. The van der Waals surface area contributed by atoms with Crippen molar-refractivity contribution in [1.29, 1.82) is 0 Å². The summed E-state index contributed by atoms with van der Waals surface area (Å²) in [7, 11) is -0.705. The summed E-state index contributed by atoms with van der Waals surface area (Å²) < 4.78 is 31.9. The van der Waals surface area contributed by atoms with Crippen LogP contribution in [-0.2, 0) is 19.6 Å². The van der Waals surface area contributed by atoms with Gasteiger partial charge in [0.1, 0.15) is 17.2 Å². The molecule has 13 heteroatoms. The second-order valence-corrected chi connectivity index (χ2v) is 9.95. The summed E-state index contributed by atoms with van der Waals surface area (Å²) in [6.07, 6.45) is 3.52. The van der Waals surface area contributed by atoms with E-state index in [0.29, 0.717) is 17.0 Å². The minimum Gasteiger partial charge on any atom is -0.382 e. The summed E-state index contributed by atoms with van der Waals surface area (Å²) >= 11 is 6.30. The van der Waals surface area contributed by atoms with E-state index in [1.165, 1.54) is 41.8 Å². The molecule has 1 aliphatic heterocycles. The van der Waals surface area contributed by atoms with Gasteiger partial charge in [0.2, 0.25) is 15.9 Å². The van der Waals surface area contributed by atoms with Crippen molar-refractivity contribution in [1.82, 2.24) is 29.5 Å². The van der Waals surface area contributed by atoms with Crippen LogP contribution >= 0.6 is 11.6 Å².